The first-order chi connectivity index (χ1) is 12.8. The Kier molecular flexibility index (Phi) is 6.34. The number of para-hydroxylation sites is 1. The maximum atomic E-state index is 3.50. The van der Waals surface area contributed by atoms with E-state index < -0.39 is 0 Å². The lowest BCUT2D eigenvalue weighted by Crippen LogP contribution is -1.91. The summed E-state index contributed by atoms with van der Waals surface area (Å²) < 4.78 is 0. The number of hydrogen-bond acceptors (Lipinski definition) is 0. The van der Waals surface area contributed by atoms with Crippen LogP contribution in [0.25, 0.3) is 17.0 Å². The van der Waals surface area contributed by atoms with Crippen LogP contribution in [0.2, 0.25) is 0 Å². The highest BCUT2D eigenvalue weighted by molar-refractivity contribution is 5.87. The van der Waals surface area contributed by atoms with Gasteiger partial charge < -0.3 is 4.98 Å². The number of benzene rings is 2. The van der Waals surface area contributed by atoms with Crippen LogP contribution in [0, 0.1) is 11.8 Å². The highest BCUT2D eigenvalue weighted by Gasteiger charge is 2.12. The molecule has 1 nitrogen and oxygen atoms in total. The van der Waals surface area contributed by atoms with Crippen molar-refractivity contribution in [2.24, 2.45) is 0 Å². The topological polar surface area (TPSA) is 15.8 Å². The van der Waals surface area contributed by atoms with Crippen LogP contribution in [0.15, 0.2) is 60.8 Å². The summed E-state index contributed by atoms with van der Waals surface area (Å²) in [6.07, 6.45) is 10.9. The Morgan fingerprint density at radius 3 is 2.65 bits per heavy atom. The molecule has 3 aromatic rings. The zero-order chi connectivity index (χ0) is 18.2. The Labute approximate surface area is 157 Å². The molecule has 1 unspecified atom stereocenters. The summed E-state index contributed by atoms with van der Waals surface area (Å²) in [7, 11) is 0. The minimum Gasteiger partial charge on any atom is -0.361 e. The van der Waals surface area contributed by atoms with Crippen LogP contribution >= 0.6 is 0 Å². The second-order valence-corrected chi connectivity index (χ2v) is 6.61. The molecule has 1 heteroatoms. The molecular weight excluding hydrogens is 314 g/mol. The molecule has 0 saturated heterocycles. The van der Waals surface area contributed by atoms with E-state index in [0.29, 0.717) is 0 Å². The molecule has 0 aliphatic carbocycles. The molecule has 1 atom stereocenters. The van der Waals surface area contributed by atoms with Crippen LogP contribution in [-0.4, -0.2) is 4.98 Å². The van der Waals surface area contributed by atoms with Gasteiger partial charge in [-0.2, -0.15) is 0 Å². The molecule has 132 valence electrons. The van der Waals surface area contributed by atoms with Gasteiger partial charge in [0.1, 0.15) is 0 Å². The van der Waals surface area contributed by atoms with Crippen molar-refractivity contribution >= 4 is 17.0 Å². The molecule has 1 heterocycles. The van der Waals surface area contributed by atoms with Crippen LogP contribution in [0.4, 0.5) is 0 Å². The smallest absolute Gasteiger partial charge is 0.0656 e. The third-order valence-corrected chi connectivity index (χ3v) is 4.74. The third-order valence-electron chi connectivity index (χ3n) is 4.74. The van der Waals surface area contributed by atoms with Gasteiger partial charge in [-0.1, -0.05) is 86.9 Å². The first-order valence-electron chi connectivity index (χ1n) is 9.64. The first kappa shape index (κ1) is 18.1. The van der Waals surface area contributed by atoms with Crippen molar-refractivity contribution < 1.29 is 0 Å². The number of unbranched alkanes of at least 4 members (excludes halogenated alkanes) is 2. The molecule has 2 aromatic carbocycles. The molecule has 0 saturated carbocycles. The second kappa shape index (κ2) is 9.11. The van der Waals surface area contributed by atoms with Gasteiger partial charge >= 0.3 is 0 Å². The molecule has 0 amide bonds. The number of hydrogen-bond donors (Lipinski definition) is 1. The van der Waals surface area contributed by atoms with Crippen molar-refractivity contribution in [2.75, 3.05) is 0 Å². The summed E-state index contributed by atoms with van der Waals surface area (Å²) in [6, 6.07) is 17.0. The second-order valence-electron chi connectivity index (χ2n) is 6.61. The number of rotatable bonds is 6. The lowest BCUT2D eigenvalue weighted by molar-refractivity contribution is 0.827. The van der Waals surface area contributed by atoms with E-state index in [-0.39, 0.29) is 5.92 Å². The van der Waals surface area contributed by atoms with E-state index in [1.165, 1.54) is 34.0 Å². The Morgan fingerprint density at radius 1 is 1.04 bits per heavy atom. The zero-order valence-corrected chi connectivity index (χ0v) is 15.8. The number of aromatic nitrogens is 1. The fourth-order valence-electron chi connectivity index (χ4n) is 3.24. The van der Waals surface area contributed by atoms with E-state index in [1.54, 1.807) is 0 Å². The molecule has 1 N–H and O–H groups in total. The van der Waals surface area contributed by atoms with Gasteiger partial charge in [-0.25, -0.2) is 0 Å². The molecular formula is C25H27N. The molecule has 0 spiro atoms. The number of aromatic amines is 1. The number of fused-ring (bicyclic) bond motifs is 1. The fourth-order valence-corrected chi connectivity index (χ4v) is 3.24. The number of H-pyrrole nitrogens is 1. The zero-order valence-electron chi connectivity index (χ0n) is 15.8. The normalized spacial score (nSPS) is 12.2. The lowest BCUT2D eigenvalue weighted by atomic mass is 9.96. The van der Waals surface area contributed by atoms with Crippen LogP contribution in [0.5, 0.6) is 0 Å². The molecule has 0 aliphatic heterocycles. The van der Waals surface area contributed by atoms with Gasteiger partial charge in [-0.3, -0.25) is 0 Å². The molecule has 3 rings (SSSR count). The van der Waals surface area contributed by atoms with Gasteiger partial charge in [0.2, 0.25) is 0 Å². The Morgan fingerprint density at radius 2 is 1.88 bits per heavy atom. The van der Waals surface area contributed by atoms with E-state index in [0.717, 1.165) is 19.3 Å². The summed E-state index contributed by atoms with van der Waals surface area (Å²) in [4.78, 5) is 3.49. The quantitative estimate of drug-likeness (QED) is 0.378. The lowest BCUT2D eigenvalue weighted by Gasteiger charge is -2.06. The molecule has 0 aliphatic rings. The minimum absolute atomic E-state index is 0.105. The largest absolute Gasteiger partial charge is 0.361 e. The fraction of sp³-hybridized carbons (Fsp3) is 0.280. The van der Waals surface area contributed by atoms with Gasteiger partial charge in [0.05, 0.1) is 5.92 Å². The summed E-state index contributed by atoms with van der Waals surface area (Å²) >= 11 is 0. The van der Waals surface area contributed by atoms with E-state index in [1.807, 2.05) is 6.07 Å². The molecule has 0 radical (unpaired) electrons. The number of allylic oxidation sites excluding steroid dienone is 1. The summed E-state index contributed by atoms with van der Waals surface area (Å²) in [5, 5.41) is 1.29. The van der Waals surface area contributed by atoms with Crippen molar-refractivity contribution in [3.63, 3.8) is 0 Å². The van der Waals surface area contributed by atoms with Crippen molar-refractivity contribution in [2.45, 2.75) is 45.4 Å². The summed E-state index contributed by atoms with van der Waals surface area (Å²) in [6.45, 7) is 4.41. The third kappa shape index (κ3) is 4.27. The Bertz CT molecular complexity index is 919. The van der Waals surface area contributed by atoms with Crippen molar-refractivity contribution in [1.82, 2.24) is 4.98 Å². The van der Waals surface area contributed by atoms with E-state index >= 15 is 0 Å². The average molecular weight is 341 g/mol. The van der Waals surface area contributed by atoms with Gasteiger partial charge in [-0.15, -0.1) is 5.92 Å². The highest BCUT2D eigenvalue weighted by Crippen LogP contribution is 2.29. The van der Waals surface area contributed by atoms with Crippen LogP contribution in [0.3, 0.4) is 0 Å². The standard InChI is InChI=1S/C25H27N/c1-3-5-6-10-14-22(18-17-20-12-8-7-9-13-20)24-19-26-25-21(4-2)15-11-16-23(24)25/h7-9,11-13,15-19,22,26H,3-6H2,1-2H3. The minimum atomic E-state index is 0.105. The first-order valence-corrected chi connectivity index (χ1v) is 9.64. The van der Waals surface area contributed by atoms with Crippen LogP contribution in [-0.2, 0) is 6.42 Å². The predicted molar refractivity (Wildman–Crippen MR) is 113 cm³/mol. The van der Waals surface area contributed by atoms with Gasteiger partial charge in [-0.05, 0) is 29.5 Å². The summed E-state index contributed by atoms with van der Waals surface area (Å²) in [5.41, 5.74) is 5.09. The molecule has 26 heavy (non-hydrogen) atoms. The maximum Gasteiger partial charge on any atom is 0.0656 e. The van der Waals surface area contributed by atoms with Crippen molar-refractivity contribution in [1.29, 1.82) is 0 Å². The molecule has 0 fully saturated rings. The van der Waals surface area contributed by atoms with E-state index in [4.69, 9.17) is 0 Å². The van der Waals surface area contributed by atoms with Gasteiger partial charge in [0, 0.05) is 23.5 Å². The van der Waals surface area contributed by atoms with Crippen molar-refractivity contribution in [3.8, 4) is 11.8 Å². The SMILES string of the molecule is CCCCC#CC(C=Cc1ccccc1)c1c[nH]c2c(CC)cccc12. The highest BCUT2D eigenvalue weighted by atomic mass is 14.7. The summed E-state index contributed by atoms with van der Waals surface area (Å²) in [5.74, 6) is 6.99. The van der Waals surface area contributed by atoms with Gasteiger partial charge in [0.15, 0.2) is 0 Å². The number of nitrogens with one attached hydrogen (secondary N) is 1. The van der Waals surface area contributed by atoms with E-state index in [2.05, 4.69) is 91.5 Å². The Balaban J connectivity index is 1.97. The molecule has 0 bridgehead atoms. The van der Waals surface area contributed by atoms with Gasteiger partial charge in [0.25, 0.3) is 0 Å². The number of aryl methyl sites for hydroxylation is 1. The molecule has 1 aromatic heterocycles. The van der Waals surface area contributed by atoms with Crippen LogP contribution in [0.1, 0.15) is 55.7 Å². The maximum absolute atomic E-state index is 3.50. The predicted octanol–water partition coefficient (Wildman–Crippen LogP) is 6.72. The average Bonchev–Trinajstić information content (AvgIpc) is 3.12. The van der Waals surface area contributed by atoms with Crippen molar-refractivity contribution in [3.05, 3.63) is 77.5 Å². The van der Waals surface area contributed by atoms with Crippen LogP contribution < -0.4 is 0 Å². The van der Waals surface area contributed by atoms with E-state index in [9.17, 15) is 0 Å². The monoisotopic (exact) mass is 341 g/mol. The Hall–Kier alpha value is -2.72.